The van der Waals surface area contributed by atoms with E-state index in [4.69, 9.17) is 10.8 Å². The summed E-state index contributed by atoms with van der Waals surface area (Å²) in [6.45, 7) is 5.21. The lowest BCUT2D eigenvalue weighted by Crippen LogP contribution is -2.48. The van der Waals surface area contributed by atoms with Crippen molar-refractivity contribution in [3.8, 4) is 22.5 Å². The number of hydrogen-bond donors (Lipinski definition) is 6. The monoisotopic (exact) mass is 834 g/mol. The van der Waals surface area contributed by atoms with Crippen LogP contribution in [0.15, 0.2) is 66.7 Å². The molecule has 0 radical (unpaired) electrons. The molecule has 0 bridgehead atoms. The van der Waals surface area contributed by atoms with E-state index in [9.17, 15) is 36.7 Å². The second kappa shape index (κ2) is 18.7. The molecule has 1 atom stereocenters. The topological polar surface area (TPSA) is 195 Å². The molecule has 320 valence electrons. The highest BCUT2D eigenvalue weighted by Crippen LogP contribution is 2.42. The molecule has 4 aromatic rings. The van der Waals surface area contributed by atoms with Crippen LogP contribution in [0, 0.1) is 24.7 Å². The SMILES string of the molecule is Cc1cc(C(=O)NCC2CCN(C)CC2)ccc1-c1ccc(C[C@H](NC(=O)[C@H]2CC[C@H](CN)CC2)C(=O)Nc2ccc(-c3nnc(C(F)(F)C(F)(F)C(=O)O)[nH]3)cc2)cc1. The Morgan fingerprint density at radius 2 is 1.53 bits per heavy atom. The predicted octanol–water partition coefficient (Wildman–Crippen LogP) is 5.76. The summed E-state index contributed by atoms with van der Waals surface area (Å²) in [6.07, 6.45) is 5.21. The van der Waals surface area contributed by atoms with Crippen LogP contribution in [0.25, 0.3) is 22.5 Å². The normalized spacial score (nSPS) is 18.4. The first-order chi connectivity index (χ1) is 28.5. The first-order valence-corrected chi connectivity index (χ1v) is 20.1. The largest absolute Gasteiger partial charge is 0.477 e. The molecular weight excluding hydrogens is 785 g/mol. The van der Waals surface area contributed by atoms with E-state index in [0.29, 0.717) is 43.3 Å². The average Bonchev–Trinajstić information content (AvgIpc) is 3.75. The van der Waals surface area contributed by atoms with Gasteiger partial charge in [0, 0.05) is 35.7 Å². The second-order valence-electron chi connectivity index (χ2n) is 15.9. The molecule has 3 amide bonds. The Morgan fingerprint density at radius 3 is 2.15 bits per heavy atom. The predicted molar refractivity (Wildman–Crippen MR) is 216 cm³/mol. The Kier molecular flexibility index (Phi) is 13.7. The van der Waals surface area contributed by atoms with E-state index in [1.807, 2.05) is 54.4 Å². The van der Waals surface area contributed by atoms with Crippen LogP contribution in [0.1, 0.15) is 65.8 Å². The number of nitrogens with two attached hydrogens (primary N) is 1. The van der Waals surface area contributed by atoms with Gasteiger partial charge in [0.05, 0.1) is 0 Å². The summed E-state index contributed by atoms with van der Waals surface area (Å²) in [4.78, 5) is 55.3. The van der Waals surface area contributed by atoms with Gasteiger partial charge in [-0.1, -0.05) is 30.3 Å². The van der Waals surface area contributed by atoms with Gasteiger partial charge >= 0.3 is 17.8 Å². The van der Waals surface area contributed by atoms with Crippen LogP contribution < -0.4 is 21.7 Å². The van der Waals surface area contributed by atoms with Crippen LogP contribution >= 0.6 is 0 Å². The van der Waals surface area contributed by atoms with Crippen molar-refractivity contribution in [2.45, 2.75) is 69.8 Å². The van der Waals surface area contributed by atoms with E-state index in [2.05, 4.69) is 38.1 Å². The molecular formula is C43H50F4N8O5. The number of hydrogen-bond acceptors (Lipinski definition) is 8. The zero-order valence-electron chi connectivity index (χ0n) is 33.4. The van der Waals surface area contributed by atoms with Crippen molar-refractivity contribution in [3.63, 3.8) is 0 Å². The first kappa shape index (κ1) is 43.9. The molecule has 1 aliphatic heterocycles. The molecule has 0 spiro atoms. The molecule has 17 heteroatoms. The molecule has 7 N–H and O–H groups in total. The van der Waals surface area contributed by atoms with Crippen molar-refractivity contribution in [1.29, 1.82) is 0 Å². The number of benzene rings is 3. The number of carbonyl (C=O) groups excluding carboxylic acids is 3. The molecule has 1 aromatic heterocycles. The first-order valence-electron chi connectivity index (χ1n) is 20.1. The number of anilines is 1. The zero-order chi connectivity index (χ0) is 43.2. The third kappa shape index (κ3) is 10.2. The maximum Gasteiger partial charge on any atom is 0.411 e. The molecule has 0 unspecified atom stereocenters. The number of carboxylic acids is 1. The highest BCUT2D eigenvalue weighted by atomic mass is 19.3. The molecule has 1 saturated carbocycles. The molecule has 60 heavy (non-hydrogen) atoms. The Hall–Kier alpha value is -5.68. The van der Waals surface area contributed by atoms with Crippen molar-refractivity contribution in [3.05, 3.63) is 89.2 Å². The number of rotatable bonds is 15. The summed E-state index contributed by atoms with van der Waals surface area (Å²) in [6, 6.07) is 17.8. The van der Waals surface area contributed by atoms with Crippen molar-refractivity contribution >= 4 is 29.4 Å². The highest BCUT2D eigenvalue weighted by Gasteiger charge is 2.65. The molecule has 1 aliphatic carbocycles. The zero-order valence-corrected chi connectivity index (χ0v) is 33.4. The number of aromatic amines is 1. The van der Waals surface area contributed by atoms with Crippen molar-refractivity contribution in [1.82, 2.24) is 30.7 Å². The number of carbonyl (C=O) groups is 4. The molecule has 13 nitrogen and oxygen atoms in total. The lowest BCUT2D eigenvalue weighted by Gasteiger charge is -2.28. The number of likely N-dealkylation sites (tertiary alicyclic amines) is 1. The molecule has 2 fully saturated rings. The lowest BCUT2D eigenvalue weighted by atomic mass is 9.81. The smallest absolute Gasteiger partial charge is 0.411 e. The van der Waals surface area contributed by atoms with Crippen molar-refractivity contribution < 1.29 is 41.8 Å². The Bertz CT molecular complexity index is 2150. The van der Waals surface area contributed by atoms with Gasteiger partial charge in [-0.3, -0.25) is 14.4 Å². The summed E-state index contributed by atoms with van der Waals surface area (Å²) < 4.78 is 55.9. The lowest BCUT2D eigenvalue weighted by molar-refractivity contribution is -0.231. The minimum Gasteiger partial charge on any atom is -0.477 e. The standard InChI is InChI=1S/C43H50F4N8O5/c1-25-21-32(37(56)49-24-28-17-19-55(2)20-18-28)13-16-34(25)29-7-3-26(4-8-29)22-35(51-38(57)31-9-5-27(23-48)6-10-31)39(58)50-33-14-11-30(12-15-33)36-52-40(54-53-36)42(44,45)43(46,47)41(59)60/h3-4,7-8,11-16,21,27-28,31,35H,5-6,9-10,17-20,22-24,48H2,1-2H3,(H,49,56)(H,50,58)(H,51,57)(H,59,60)(H,52,53,54)/t27-,31-,35-/m0/s1. The minimum atomic E-state index is -5.44. The van der Waals surface area contributed by atoms with Crippen LogP contribution in [0.3, 0.4) is 0 Å². The van der Waals surface area contributed by atoms with Gasteiger partial charge in [-0.2, -0.15) is 17.6 Å². The van der Waals surface area contributed by atoms with Crippen LogP contribution in [0.4, 0.5) is 23.2 Å². The maximum atomic E-state index is 14.3. The molecule has 1 saturated heterocycles. The van der Waals surface area contributed by atoms with E-state index in [0.717, 1.165) is 61.0 Å². The van der Waals surface area contributed by atoms with Crippen molar-refractivity contribution in [2.75, 3.05) is 38.5 Å². The minimum absolute atomic E-state index is 0.103. The van der Waals surface area contributed by atoms with Gasteiger partial charge in [-0.05, 0) is 143 Å². The number of amides is 3. The fourth-order valence-corrected chi connectivity index (χ4v) is 7.71. The van der Waals surface area contributed by atoms with Crippen molar-refractivity contribution in [2.24, 2.45) is 23.5 Å². The number of aryl methyl sites for hydroxylation is 1. The number of aromatic nitrogens is 3. The number of halogens is 4. The molecule has 2 heterocycles. The second-order valence-corrected chi connectivity index (χ2v) is 15.9. The van der Waals surface area contributed by atoms with Crippen LogP contribution in [-0.4, -0.2) is 94.1 Å². The van der Waals surface area contributed by atoms with Gasteiger partial charge in [-0.15, -0.1) is 10.2 Å². The van der Waals surface area contributed by atoms with E-state index in [1.165, 1.54) is 24.3 Å². The van der Waals surface area contributed by atoms with Gasteiger partial charge in [0.2, 0.25) is 17.6 Å². The van der Waals surface area contributed by atoms with Crippen LogP contribution in [0.5, 0.6) is 0 Å². The van der Waals surface area contributed by atoms with E-state index < -0.39 is 35.6 Å². The van der Waals surface area contributed by atoms with Crippen LogP contribution in [0.2, 0.25) is 0 Å². The van der Waals surface area contributed by atoms with Gasteiger partial charge in [0.1, 0.15) is 6.04 Å². The molecule has 6 rings (SSSR count). The number of aliphatic carboxylic acids is 1. The summed E-state index contributed by atoms with van der Waals surface area (Å²) >= 11 is 0. The third-order valence-electron chi connectivity index (χ3n) is 11.6. The van der Waals surface area contributed by atoms with E-state index >= 15 is 0 Å². The van der Waals surface area contributed by atoms with E-state index in [-0.39, 0.29) is 41.2 Å². The average molecular weight is 835 g/mol. The molecule has 2 aliphatic rings. The Morgan fingerprint density at radius 1 is 0.883 bits per heavy atom. The summed E-state index contributed by atoms with van der Waals surface area (Å²) in [5.41, 5.74) is 10.4. The number of nitrogens with one attached hydrogen (secondary N) is 4. The molecule has 3 aromatic carbocycles. The third-order valence-corrected chi connectivity index (χ3v) is 11.6. The van der Waals surface area contributed by atoms with Gasteiger partial charge in [0.25, 0.3) is 5.91 Å². The fourth-order valence-electron chi connectivity index (χ4n) is 7.71. The number of nitrogens with zero attached hydrogens (tertiary/aromatic N) is 3. The Balaban J connectivity index is 1.13. The van der Waals surface area contributed by atoms with Gasteiger partial charge in [0.15, 0.2) is 5.82 Å². The van der Waals surface area contributed by atoms with Crippen LogP contribution in [-0.2, 0) is 26.7 Å². The summed E-state index contributed by atoms with van der Waals surface area (Å²) in [5.74, 6) is -15.9. The number of carboxylic acid groups (broad SMARTS) is 1. The highest BCUT2D eigenvalue weighted by molar-refractivity contribution is 5.98. The fraction of sp³-hybridized carbons (Fsp3) is 0.442. The number of alkyl halides is 4. The Labute approximate surface area is 344 Å². The summed E-state index contributed by atoms with van der Waals surface area (Å²) in [7, 11) is 2.11. The van der Waals surface area contributed by atoms with Gasteiger partial charge in [-0.25, -0.2) is 4.79 Å². The number of piperidine rings is 1. The van der Waals surface area contributed by atoms with E-state index in [1.54, 1.807) is 0 Å². The summed E-state index contributed by atoms with van der Waals surface area (Å²) in [5, 5.41) is 23.9. The quantitative estimate of drug-likeness (QED) is 0.0808. The maximum absolute atomic E-state index is 14.3. The van der Waals surface area contributed by atoms with Gasteiger partial charge < -0.3 is 36.7 Å². The number of H-pyrrole nitrogens is 1.